The first-order chi connectivity index (χ1) is 8.19. The Balaban J connectivity index is 2.24. The van der Waals surface area contributed by atoms with Crippen LogP contribution in [0.5, 0.6) is 11.8 Å². The Kier molecular flexibility index (Phi) is 3.56. The Morgan fingerprint density at radius 2 is 1.88 bits per heavy atom. The lowest BCUT2D eigenvalue weighted by Gasteiger charge is -2.05. The molecule has 1 aromatic carbocycles. The van der Waals surface area contributed by atoms with Crippen LogP contribution in [0, 0.1) is 0 Å². The van der Waals surface area contributed by atoms with Crippen LogP contribution in [0.15, 0.2) is 30.6 Å². The SMILES string of the molecule is O=Cc1cnc(Oc2cc(Cl)ccc2Cl)nc1. The largest absolute Gasteiger partial charge is 0.423 e. The molecule has 1 heterocycles. The lowest BCUT2D eigenvalue weighted by Crippen LogP contribution is -1.93. The molecule has 0 bridgehead atoms. The molecular weight excluding hydrogens is 263 g/mol. The van der Waals surface area contributed by atoms with Gasteiger partial charge >= 0.3 is 6.01 Å². The summed E-state index contributed by atoms with van der Waals surface area (Å²) in [5.74, 6) is 0.359. The predicted molar refractivity (Wildman–Crippen MR) is 64.0 cm³/mol. The number of aldehydes is 1. The van der Waals surface area contributed by atoms with Gasteiger partial charge in [0.15, 0.2) is 12.0 Å². The lowest BCUT2D eigenvalue weighted by molar-refractivity contribution is 0.112. The van der Waals surface area contributed by atoms with E-state index in [-0.39, 0.29) is 6.01 Å². The van der Waals surface area contributed by atoms with Crippen LogP contribution in [-0.4, -0.2) is 16.3 Å². The maximum atomic E-state index is 10.4. The highest BCUT2D eigenvalue weighted by molar-refractivity contribution is 6.34. The van der Waals surface area contributed by atoms with Gasteiger partial charge in [0.1, 0.15) is 0 Å². The van der Waals surface area contributed by atoms with Crippen LogP contribution in [0.1, 0.15) is 10.4 Å². The summed E-state index contributed by atoms with van der Waals surface area (Å²) in [6, 6.07) is 4.91. The van der Waals surface area contributed by atoms with Crippen LogP contribution in [0.25, 0.3) is 0 Å². The van der Waals surface area contributed by atoms with Crippen LogP contribution >= 0.6 is 23.2 Å². The van der Waals surface area contributed by atoms with Gasteiger partial charge in [-0.05, 0) is 12.1 Å². The smallest absolute Gasteiger partial charge is 0.321 e. The third kappa shape index (κ3) is 2.93. The lowest BCUT2D eigenvalue weighted by atomic mass is 10.3. The normalized spacial score (nSPS) is 10.0. The van der Waals surface area contributed by atoms with Gasteiger partial charge in [-0.25, -0.2) is 9.97 Å². The number of benzene rings is 1. The second-order valence-electron chi connectivity index (χ2n) is 3.09. The maximum Gasteiger partial charge on any atom is 0.321 e. The van der Waals surface area contributed by atoms with E-state index in [0.717, 1.165) is 0 Å². The van der Waals surface area contributed by atoms with Gasteiger partial charge in [0.25, 0.3) is 0 Å². The Hall–Kier alpha value is -1.65. The number of rotatable bonds is 3. The van der Waals surface area contributed by atoms with E-state index in [9.17, 15) is 4.79 Å². The molecular formula is C11H6Cl2N2O2. The second kappa shape index (κ2) is 5.12. The molecule has 0 saturated heterocycles. The van der Waals surface area contributed by atoms with Crippen molar-refractivity contribution in [2.24, 2.45) is 0 Å². The van der Waals surface area contributed by atoms with Crippen molar-refractivity contribution < 1.29 is 9.53 Å². The van der Waals surface area contributed by atoms with E-state index in [1.807, 2.05) is 0 Å². The number of hydrogen-bond acceptors (Lipinski definition) is 4. The predicted octanol–water partition coefficient (Wildman–Crippen LogP) is 3.39. The zero-order chi connectivity index (χ0) is 12.3. The number of carbonyl (C=O) groups excluding carboxylic acids is 1. The summed E-state index contributed by atoms with van der Waals surface area (Å²) >= 11 is 11.7. The Labute approximate surface area is 107 Å². The third-order valence-corrected chi connectivity index (χ3v) is 2.43. The molecule has 2 aromatic rings. The van der Waals surface area contributed by atoms with Crippen molar-refractivity contribution in [1.82, 2.24) is 9.97 Å². The molecule has 4 nitrogen and oxygen atoms in total. The Morgan fingerprint density at radius 3 is 2.53 bits per heavy atom. The molecule has 6 heteroatoms. The van der Waals surface area contributed by atoms with Crippen molar-refractivity contribution in [3.05, 3.63) is 46.2 Å². The fraction of sp³-hybridized carbons (Fsp3) is 0. The number of hydrogen-bond donors (Lipinski definition) is 0. The first-order valence-corrected chi connectivity index (χ1v) is 5.35. The number of ether oxygens (including phenoxy) is 1. The van der Waals surface area contributed by atoms with E-state index >= 15 is 0 Å². The minimum atomic E-state index is 0.0970. The van der Waals surface area contributed by atoms with Gasteiger partial charge in [-0.1, -0.05) is 23.2 Å². The molecule has 17 heavy (non-hydrogen) atoms. The highest BCUT2D eigenvalue weighted by Gasteiger charge is 2.06. The van der Waals surface area contributed by atoms with Gasteiger partial charge in [0.05, 0.1) is 10.6 Å². The summed E-state index contributed by atoms with van der Waals surface area (Å²) in [7, 11) is 0. The van der Waals surface area contributed by atoms with Crippen molar-refractivity contribution in [2.75, 3.05) is 0 Å². The average molecular weight is 269 g/mol. The molecule has 86 valence electrons. The summed E-state index contributed by atoms with van der Waals surface area (Å²) in [5, 5.41) is 0.895. The molecule has 0 radical (unpaired) electrons. The van der Waals surface area contributed by atoms with Crippen molar-refractivity contribution in [1.29, 1.82) is 0 Å². The minimum Gasteiger partial charge on any atom is -0.423 e. The minimum absolute atomic E-state index is 0.0970. The standard InChI is InChI=1S/C11H6Cl2N2O2/c12-8-1-2-9(13)10(3-8)17-11-14-4-7(6-16)5-15-11/h1-6H. The highest BCUT2D eigenvalue weighted by Crippen LogP contribution is 2.30. The van der Waals surface area contributed by atoms with E-state index in [0.29, 0.717) is 27.6 Å². The van der Waals surface area contributed by atoms with Gasteiger partial charge in [0.2, 0.25) is 0 Å². The van der Waals surface area contributed by atoms with Crippen LogP contribution < -0.4 is 4.74 Å². The molecule has 0 saturated carbocycles. The Bertz CT molecular complexity index is 544. The number of halogens is 2. The number of aromatic nitrogens is 2. The van der Waals surface area contributed by atoms with E-state index < -0.39 is 0 Å². The zero-order valence-corrected chi connectivity index (χ0v) is 9.94. The Morgan fingerprint density at radius 1 is 1.18 bits per heavy atom. The highest BCUT2D eigenvalue weighted by atomic mass is 35.5. The first-order valence-electron chi connectivity index (χ1n) is 4.59. The quantitative estimate of drug-likeness (QED) is 0.801. The summed E-state index contributed by atoms with van der Waals surface area (Å²) < 4.78 is 5.33. The fourth-order valence-electron chi connectivity index (χ4n) is 1.09. The summed E-state index contributed by atoms with van der Waals surface area (Å²) in [4.78, 5) is 18.1. The number of nitrogens with zero attached hydrogens (tertiary/aromatic N) is 2. The molecule has 0 unspecified atom stereocenters. The monoisotopic (exact) mass is 268 g/mol. The zero-order valence-electron chi connectivity index (χ0n) is 8.43. The molecule has 0 aliphatic heterocycles. The van der Waals surface area contributed by atoms with Crippen LogP contribution in [0.2, 0.25) is 10.0 Å². The van der Waals surface area contributed by atoms with E-state index in [1.165, 1.54) is 12.4 Å². The van der Waals surface area contributed by atoms with E-state index in [2.05, 4.69) is 9.97 Å². The molecule has 0 aliphatic rings. The fourth-order valence-corrected chi connectivity index (χ4v) is 1.41. The van der Waals surface area contributed by atoms with Crippen molar-refractivity contribution in [2.45, 2.75) is 0 Å². The van der Waals surface area contributed by atoms with Crippen molar-refractivity contribution in [3.8, 4) is 11.8 Å². The van der Waals surface area contributed by atoms with Gasteiger partial charge in [-0.2, -0.15) is 0 Å². The molecule has 0 amide bonds. The summed E-state index contributed by atoms with van der Waals surface area (Å²) in [5.41, 5.74) is 0.370. The molecule has 1 aromatic heterocycles. The van der Waals surface area contributed by atoms with Gasteiger partial charge < -0.3 is 4.74 Å². The summed E-state index contributed by atoms with van der Waals surface area (Å²) in [6.45, 7) is 0. The second-order valence-corrected chi connectivity index (χ2v) is 3.94. The van der Waals surface area contributed by atoms with Crippen LogP contribution in [0.3, 0.4) is 0 Å². The topological polar surface area (TPSA) is 52.1 Å². The molecule has 0 N–H and O–H groups in total. The van der Waals surface area contributed by atoms with Crippen LogP contribution in [-0.2, 0) is 0 Å². The molecule has 2 rings (SSSR count). The first kappa shape index (κ1) is 11.8. The molecule has 0 atom stereocenters. The van der Waals surface area contributed by atoms with E-state index in [1.54, 1.807) is 18.2 Å². The maximum absolute atomic E-state index is 10.4. The number of carbonyl (C=O) groups is 1. The molecule has 0 spiro atoms. The van der Waals surface area contributed by atoms with Gasteiger partial charge in [0, 0.05) is 23.5 Å². The van der Waals surface area contributed by atoms with Crippen molar-refractivity contribution >= 4 is 29.5 Å². The van der Waals surface area contributed by atoms with E-state index in [4.69, 9.17) is 27.9 Å². The van der Waals surface area contributed by atoms with Crippen molar-refractivity contribution in [3.63, 3.8) is 0 Å². The molecule has 0 fully saturated rings. The summed E-state index contributed by atoms with van der Waals surface area (Å²) in [6.07, 6.45) is 3.36. The molecule has 0 aliphatic carbocycles. The van der Waals surface area contributed by atoms with Crippen LogP contribution in [0.4, 0.5) is 0 Å². The van der Waals surface area contributed by atoms with Gasteiger partial charge in [-0.15, -0.1) is 0 Å². The average Bonchev–Trinajstić information content (AvgIpc) is 2.35. The van der Waals surface area contributed by atoms with Gasteiger partial charge in [-0.3, -0.25) is 4.79 Å². The third-order valence-electron chi connectivity index (χ3n) is 1.88.